The Morgan fingerprint density at radius 3 is 3.06 bits per heavy atom. The second-order valence-electron chi connectivity index (χ2n) is 5.08. The topological polar surface area (TPSA) is 32.3 Å². The van der Waals surface area contributed by atoms with Crippen LogP contribution in [0.5, 0.6) is 5.75 Å². The molecule has 0 unspecified atom stereocenters. The lowest BCUT2D eigenvalue weighted by Gasteiger charge is -2.32. The standard InChI is InChI=1S/C14H19NO/c16-11-6-4-10-5-7-14-12(13(10)9-11)3-1-2-8-15-14/h4,6,9,12,14-16H,1-3,5,7-8H2/t12-,14-/m1/s1. The van der Waals surface area contributed by atoms with Crippen molar-refractivity contribution in [3.05, 3.63) is 29.3 Å². The SMILES string of the molecule is Oc1ccc2c(c1)[C@H]1CCCCN[C@@H]1CC2. The van der Waals surface area contributed by atoms with E-state index in [1.807, 2.05) is 12.1 Å². The van der Waals surface area contributed by atoms with Gasteiger partial charge < -0.3 is 10.4 Å². The van der Waals surface area contributed by atoms with E-state index >= 15 is 0 Å². The minimum absolute atomic E-state index is 0.420. The minimum atomic E-state index is 0.420. The molecule has 0 spiro atoms. The summed E-state index contributed by atoms with van der Waals surface area (Å²) in [6, 6.07) is 6.55. The summed E-state index contributed by atoms with van der Waals surface area (Å²) in [7, 11) is 0. The maximum Gasteiger partial charge on any atom is 0.115 e. The lowest BCUT2D eigenvalue weighted by atomic mass is 9.77. The number of phenols is 1. The smallest absolute Gasteiger partial charge is 0.115 e. The van der Waals surface area contributed by atoms with Crippen molar-refractivity contribution in [1.82, 2.24) is 5.32 Å². The molecule has 0 radical (unpaired) electrons. The molecule has 0 bridgehead atoms. The fourth-order valence-corrected chi connectivity index (χ4v) is 3.26. The van der Waals surface area contributed by atoms with Crippen LogP contribution in [0.2, 0.25) is 0 Å². The summed E-state index contributed by atoms with van der Waals surface area (Å²) >= 11 is 0. The highest BCUT2D eigenvalue weighted by atomic mass is 16.3. The molecule has 0 aromatic heterocycles. The average molecular weight is 217 g/mol. The van der Waals surface area contributed by atoms with Gasteiger partial charge in [-0.05, 0) is 61.4 Å². The van der Waals surface area contributed by atoms with E-state index in [2.05, 4.69) is 11.4 Å². The van der Waals surface area contributed by atoms with E-state index in [0.29, 0.717) is 17.7 Å². The summed E-state index contributed by atoms with van der Waals surface area (Å²) < 4.78 is 0. The van der Waals surface area contributed by atoms with Gasteiger partial charge in [0.25, 0.3) is 0 Å². The Kier molecular flexibility index (Phi) is 2.60. The van der Waals surface area contributed by atoms with Crippen LogP contribution in [0, 0.1) is 0 Å². The van der Waals surface area contributed by atoms with Gasteiger partial charge in [-0.1, -0.05) is 12.5 Å². The number of hydrogen-bond acceptors (Lipinski definition) is 2. The van der Waals surface area contributed by atoms with E-state index in [0.717, 1.165) is 13.0 Å². The molecule has 1 aromatic rings. The molecule has 1 aliphatic heterocycles. The number of phenolic OH excluding ortho intramolecular Hbond substituents is 1. The Morgan fingerprint density at radius 2 is 2.12 bits per heavy atom. The van der Waals surface area contributed by atoms with Gasteiger partial charge in [-0.2, -0.15) is 0 Å². The van der Waals surface area contributed by atoms with E-state index in [1.54, 1.807) is 0 Å². The summed E-state index contributed by atoms with van der Waals surface area (Å²) in [6.07, 6.45) is 6.28. The maximum absolute atomic E-state index is 9.63. The van der Waals surface area contributed by atoms with Gasteiger partial charge in [0.15, 0.2) is 0 Å². The first-order valence-corrected chi connectivity index (χ1v) is 6.40. The first-order valence-electron chi connectivity index (χ1n) is 6.40. The Hall–Kier alpha value is -1.02. The molecule has 0 saturated carbocycles. The molecular formula is C14H19NO. The Bertz CT molecular complexity index is 388. The Morgan fingerprint density at radius 1 is 1.19 bits per heavy atom. The molecular weight excluding hydrogens is 198 g/mol. The molecule has 1 fully saturated rings. The lowest BCUT2D eigenvalue weighted by Crippen LogP contribution is -2.37. The maximum atomic E-state index is 9.63. The van der Waals surface area contributed by atoms with Gasteiger partial charge in [0, 0.05) is 6.04 Å². The first-order chi connectivity index (χ1) is 7.84. The zero-order chi connectivity index (χ0) is 11.0. The molecule has 1 heterocycles. The normalized spacial score (nSPS) is 29.0. The highest BCUT2D eigenvalue weighted by Crippen LogP contribution is 2.38. The van der Waals surface area contributed by atoms with E-state index in [-0.39, 0.29) is 0 Å². The number of rotatable bonds is 0. The largest absolute Gasteiger partial charge is 0.508 e. The fraction of sp³-hybridized carbons (Fsp3) is 0.571. The number of aromatic hydroxyl groups is 1. The lowest BCUT2D eigenvalue weighted by molar-refractivity contribution is 0.399. The molecule has 2 aliphatic rings. The van der Waals surface area contributed by atoms with Crippen molar-refractivity contribution in [2.24, 2.45) is 0 Å². The summed E-state index contributed by atoms with van der Waals surface area (Å²) in [4.78, 5) is 0. The summed E-state index contributed by atoms with van der Waals surface area (Å²) in [6.45, 7) is 1.16. The predicted molar refractivity (Wildman–Crippen MR) is 64.8 cm³/mol. The van der Waals surface area contributed by atoms with Crippen molar-refractivity contribution in [1.29, 1.82) is 0 Å². The van der Waals surface area contributed by atoms with Gasteiger partial charge >= 0.3 is 0 Å². The summed E-state index contributed by atoms with van der Waals surface area (Å²) in [5.41, 5.74) is 2.84. The molecule has 2 atom stereocenters. The van der Waals surface area contributed by atoms with Crippen LogP contribution in [0.3, 0.4) is 0 Å². The molecule has 0 amide bonds. The van der Waals surface area contributed by atoms with Gasteiger partial charge in [0.2, 0.25) is 0 Å². The van der Waals surface area contributed by atoms with Gasteiger partial charge in [-0.15, -0.1) is 0 Å². The van der Waals surface area contributed by atoms with E-state index in [4.69, 9.17) is 0 Å². The Balaban J connectivity index is 1.98. The van der Waals surface area contributed by atoms with Crippen molar-refractivity contribution in [3.8, 4) is 5.75 Å². The van der Waals surface area contributed by atoms with E-state index in [9.17, 15) is 5.11 Å². The predicted octanol–water partition coefficient (Wildman–Crippen LogP) is 2.56. The third kappa shape index (κ3) is 1.71. The molecule has 3 rings (SSSR count). The second-order valence-corrected chi connectivity index (χ2v) is 5.08. The number of aryl methyl sites for hydroxylation is 1. The van der Waals surface area contributed by atoms with Crippen LogP contribution < -0.4 is 5.32 Å². The van der Waals surface area contributed by atoms with Crippen LogP contribution in [0.15, 0.2) is 18.2 Å². The van der Waals surface area contributed by atoms with Crippen molar-refractivity contribution in [3.63, 3.8) is 0 Å². The minimum Gasteiger partial charge on any atom is -0.508 e. The van der Waals surface area contributed by atoms with E-state index in [1.165, 1.54) is 36.8 Å². The monoisotopic (exact) mass is 217 g/mol. The molecule has 1 saturated heterocycles. The van der Waals surface area contributed by atoms with E-state index < -0.39 is 0 Å². The zero-order valence-corrected chi connectivity index (χ0v) is 9.58. The van der Waals surface area contributed by atoms with Crippen LogP contribution in [-0.4, -0.2) is 17.7 Å². The Labute approximate surface area is 96.7 Å². The van der Waals surface area contributed by atoms with Crippen LogP contribution in [0.1, 0.15) is 42.7 Å². The highest BCUT2D eigenvalue weighted by molar-refractivity contribution is 5.40. The number of hydrogen-bond donors (Lipinski definition) is 2. The van der Waals surface area contributed by atoms with Gasteiger partial charge in [-0.25, -0.2) is 0 Å². The van der Waals surface area contributed by atoms with Crippen molar-refractivity contribution < 1.29 is 5.11 Å². The van der Waals surface area contributed by atoms with Crippen LogP contribution in [-0.2, 0) is 6.42 Å². The molecule has 2 N–H and O–H groups in total. The number of fused-ring (bicyclic) bond motifs is 3. The van der Waals surface area contributed by atoms with Crippen molar-refractivity contribution in [2.45, 2.75) is 44.1 Å². The second kappa shape index (κ2) is 4.10. The summed E-state index contributed by atoms with van der Waals surface area (Å²) in [5, 5.41) is 13.3. The zero-order valence-electron chi connectivity index (χ0n) is 9.58. The number of benzene rings is 1. The fourth-order valence-electron chi connectivity index (χ4n) is 3.26. The van der Waals surface area contributed by atoms with Crippen LogP contribution >= 0.6 is 0 Å². The molecule has 1 aliphatic carbocycles. The average Bonchev–Trinajstić information content (AvgIpc) is 2.54. The molecule has 1 aromatic carbocycles. The molecule has 86 valence electrons. The van der Waals surface area contributed by atoms with Crippen LogP contribution in [0.4, 0.5) is 0 Å². The third-order valence-corrected chi connectivity index (χ3v) is 4.09. The van der Waals surface area contributed by atoms with Gasteiger partial charge in [-0.3, -0.25) is 0 Å². The molecule has 2 nitrogen and oxygen atoms in total. The number of nitrogens with one attached hydrogen (secondary N) is 1. The van der Waals surface area contributed by atoms with Gasteiger partial charge in [0.1, 0.15) is 5.75 Å². The van der Waals surface area contributed by atoms with Gasteiger partial charge in [0.05, 0.1) is 0 Å². The molecule has 16 heavy (non-hydrogen) atoms. The van der Waals surface area contributed by atoms with Crippen LogP contribution in [0.25, 0.3) is 0 Å². The van der Waals surface area contributed by atoms with Crippen molar-refractivity contribution in [2.75, 3.05) is 6.54 Å². The quantitative estimate of drug-likeness (QED) is 0.700. The van der Waals surface area contributed by atoms with Crippen molar-refractivity contribution >= 4 is 0 Å². The third-order valence-electron chi connectivity index (χ3n) is 4.09. The molecule has 2 heteroatoms. The first kappa shape index (κ1) is 10.2. The highest BCUT2D eigenvalue weighted by Gasteiger charge is 2.30. The summed E-state index contributed by atoms with van der Waals surface area (Å²) in [5.74, 6) is 1.04.